The Hall–Kier alpha value is 0.150. The second-order valence-corrected chi connectivity index (χ2v) is 3.75. The summed E-state index contributed by atoms with van der Waals surface area (Å²) >= 11 is 5.49. The van der Waals surface area contributed by atoms with E-state index in [4.69, 9.17) is 11.6 Å². The molecule has 0 aromatic rings. The fraction of sp³-hybridized carbons (Fsp3) is 1.00. The molecule has 2 rings (SSSR count). The van der Waals surface area contributed by atoms with Crippen LogP contribution in [0.4, 0.5) is 8.78 Å². The number of halogens is 3. The SMILES string of the molecule is FC1(F)[C@H](Cl)[C@H]2CCC[C@H]21. The van der Waals surface area contributed by atoms with Crippen molar-refractivity contribution in [3.8, 4) is 0 Å². The first-order chi connectivity index (χ1) is 4.64. The molecule has 0 aromatic heterocycles. The maximum atomic E-state index is 12.8. The van der Waals surface area contributed by atoms with Crippen LogP contribution in [0, 0.1) is 11.8 Å². The molecule has 3 heteroatoms. The summed E-state index contributed by atoms with van der Waals surface area (Å²) in [6.45, 7) is 0. The quantitative estimate of drug-likeness (QED) is 0.486. The van der Waals surface area contributed by atoms with Gasteiger partial charge in [0.05, 0.1) is 0 Å². The van der Waals surface area contributed by atoms with Crippen LogP contribution in [-0.2, 0) is 0 Å². The average Bonchev–Trinajstić information content (AvgIpc) is 2.31. The maximum absolute atomic E-state index is 12.8. The lowest BCUT2D eigenvalue weighted by Gasteiger charge is -2.45. The molecule has 0 bridgehead atoms. The Balaban J connectivity index is 2.15. The van der Waals surface area contributed by atoms with E-state index in [1.54, 1.807) is 0 Å². The van der Waals surface area contributed by atoms with Gasteiger partial charge < -0.3 is 0 Å². The van der Waals surface area contributed by atoms with Crippen molar-refractivity contribution in [3.05, 3.63) is 0 Å². The van der Waals surface area contributed by atoms with Gasteiger partial charge in [0.15, 0.2) is 0 Å². The van der Waals surface area contributed by atoms with E-state index in [0.29, 0.717) is 6.42 Å². The van der Waals surface area contributed by atoms with E-state index < -0.39 is 11.3 Å². The summed E-state index contributed by atoms with van der Waals surface area (Å²) in [7, 11) is 0. The van der Waals surface area contributed by atoms with Crippen molar-refractivity contribution in [2.24, 2.45) is 11.8 Å². The van der Waals surface area contributed by atoms with Crippen molar-refractivity contribution in [2.45, 2.75) is 30.6 Å². The lowest BCUT2D eigenvalue weighted by atomic mass is 9.72. The van der Waals surface area contributed by atoms with Crippen molar-refractivity contribution in [1.82, 2.24) is 0 Å². The van der Waals surface area contributed by atoms with Gasteiger partial charge in [0.1, 0.15) is 5.38 Å². The van der Waals surface area contributed by atoms with E-state index in [9.17, 15) is 8.78 Å². The van der Waals surface area contributed by atoms with E-state index in [1.807, 2.05) is 0 Å². The van der Waals surface area contributed by atoms with Gasteiger partial charge in [-0.05, 0) is 18.8 Å². The lowest BCUT2D eigenvalue weighted by Crippen LogP contribution is -2.55. The fourth-order valence-electron chi connectivity index (χ4n) is 2.19. The molecule has 0 amide bonds. The molecule has 10 heavy (non-hydrogen) atoms. The molecular formula is C7H9ClF2. The zero-order valence-corrected chi connectivity index (χ0v) is 6.24. The van der Waals surface area contributed by atoms with Crippen LogP contribution in [0.1, 0.15) is 19.3 Å². The maximum Gasteiger partial charge on any atom is 0.267 e. The highest BCUT2D eigenvalue weighted by Gasteiger charge is 2.64. The Kier molecular flexibility index (Phi) is 1.26. The van der Waals surface area contributed by atoms with Gasteiger partial charge in [0, 0.05) is 5.92 Å². The predicted molar refractivity (Wildman–Crippen MR) is 35.4 cm³/mol. The molecule has 2 saturated carbocycles. The number of hydrogen-bond donors (Lipinski definition) is 0. The molecule has 0 unspecified atom stereocenters. The van der Waals surface area contributed by atoms with Crippen molar-refractivity contribution in [3.63, 3.8) is 0 Å². The highest BCUT2D eigenvalue weighted by molar-refractivity contribution is 6.22. The van der Waals surface area contributed by atoms with Crippen LogP contribution >= 0.6 is 11.6 Å². The molecule has 0 N–H and O–H groups in total. The third-order valence-corrected chi connectivity index (χ3v) is 3.42. The standard InChI is InChI=1S/C7H9ClF2/c8-6-4-2-1-3-5(4)7(6,9)10/h4-6H,1-3H2/t4-,5+,6+/m0/s1. The highest BCUT2D eigenvalue weighted by Crippen LogP contribution is 2.58. The van der Waals surface area contributed by atoms with Crippen molar-refractivity contribution in [2.75, 3.05) is 0 Å². The summed E-state index contributed by atoms with van der Waals surface area (Å²) in [5, 5.41) is -0.861. The Bertz CT molecular complexity index is 158. The summed E-state index contributed by atoms with van der Waals surface area (Å²) in [5.41, 5.74) is 0. The van der Waals surface area contributed by atoms with Crippen LogP contribution in [0.2, 0.25) is 0 Å². The van der Waals surface area contributed by atoms with Gasteiger partial charge in [0.2, 0.25) is 0 Å². The molecule has 0 aromatic carbocycles. The van der Waals surface area contributed by atoms with E-state index in [2.05, 4.69) is 0 Å². The minimum atomic E-state index is -2.55. The van der Waals surface area contributed by atoms with Crippen molar-refractivity contribution < 1.29 is 8.78 Å². The number of alkyl halides is 3. The predicted octanol–water partition coefficient (Wildman–Crippen LogP) is 2.66. The van der Waals surface area contributed by atoms with E-state index in [1.165, 1.54) is 0 Å². The van der Waals surface area contributed by atoms with E-state index >= 15 is 0 Å². The zero-order valence-electron chi connectivity index (χ0n) is 5.49. The first kappa shape index (κ1) is 6.84. The average molecular weight is 167 g/mol. The second-order valence-electron chi connectivity index (χ2n) is 3.28. The molecule has 2 aliphatic carbocycles. The molecule has 2 aliphatic rings. The Morgan fingerprint density at radius 2 is 2.00 bits per heavy atom. The Morgan fingerprint density at radius 1 is 1.30 bits per heavy atom. The molecule has 0 nitrogen and oxygen atoms in total. The summed E-state index contributed by atoms with van der Waals surface area (Å²) < 4.78 is 25.5. The molecule has 0 aliphatic heterocycles. The number of rotatable bonds is 0. The summed E-state index contributed by atoms with van der Waals surface area (Å²) in [4.78, 5) is 0. The lowest BCUT2D eigenvalue weighted by molar-refractivity contribution is -0.154. The second kappa shape index (κ2) is 1.84. The first-order valence-corrected chi connectivity index (χ1v) is 4.09. The molecule has 0 spiro atoms. The van der Waals surface area contributed by atoms with Gasteiger partial charge in [-0.25, -0.2) is 8.78 Å². The molecule has 58 valence electrons. The molecule has 0 heterocycles. The van der Waals surface area contributed by atoms with Crippen LogP contribution in [0.5, 0.6) is 0 Å². The van der Waals surface area contributed by atoms with Gasteiger partial charge in [0.25, 0.3) is 5.92 Å². The van der Waals surface area contributed by atoms with E-state index in [0.717, 1.165) is 12.8 Å². The van der Waals surface area contributed by atoms with Crippen LogP contribution in [0.25, 0.3) is 0 Å². The smallest absolute Gasteiger partial charge is 0.205 e. The van der Waals surface area contributed by atoms with Gasteiger partial charge in [-0.1, -0.05) is 6.42 Å². The minimum Gasteiger partial charge on any atom is -0.205 e. The number of hydrogen-bond acceptors (Lipinski definition) is 0. The topological polar surface area (TPSA) is 0 Å². The summed E-state index contributed by atoms with van der Waals surface area (Å²) in [6.07, 6.45) is 2.53. The largest absolute Gasteiger partial charge is 0.267 e. The molecule has 0 saturated heterocycles. The summed E-state index contributed by atoms with van der Waals surface area (Å²) in [5.74, 6) is -2.81. The van der Waals surface area contributed by atoms with Gasteiger partial charge in [-0.3, -0.25) is 0 Å². The van der Waals surface area contributed by atoms with Crippen molar-refractivity contribution >= 4 is 11.6 Å². The minimum absolute atomic E-state index is 0.122. The normalized spacial score (nSPS) is 50.1. The Morgan fingerprint density at radius 3 is 2.60 bits per heavy atom. The van der Waals surface area contributed by atoms with Gasteiger partial charge in [-0.15, -0.1) is 11.6 Å². The fourth-order valence-corrected chi connectivity index (χ4v) is 2.65. The Labute approximate surface area is 63.6 Å². The van der Waals surface area contributed by atoms with Gasteiger partial charge >= 0.3 is 0 Å². The van der Waals surface area contributed by atoms with Crippen LogP contribution in [0.15, 0.2) is 0 Å². The third-order valence-electron chi connectivity index (χ3n) is 2.81. The first-order valence-electron chi connectivity index (χ1n) is 3.66. The zero-order chi connectivity index (χ0) is 7.35. The number of fused-ring (bicyclic) bond motifs is 1. The van der Waals surface area contributed by atoms with Crippen LogP contribution < -0.4 is 0 Å². The van der Waals surface area contributed by atoms with Crippen molar-refractivity contribution in [1.29, 1.82) is 0 Å². The van der Waals surface area contributed by atoms with Crippen LogP contribution in [0.3, 0.4) is 0 Å². The monoisotopic (exact) mass is 166 g/mol. The molecular weight excluding hydrogens is 158 g/mol. The van der Waals surface area contributed by atoms with E-state index in [-0.39, 0.29) is 11.8 Å². The molecule has 0 radical (unpaired) electrons. The summed E-state index contributed by atoms with van der Waals surface area (Å²) in [6, 6.07) is 0. The molecule has 2 fully saturated rings. The highest BCUT2D eigenvalue weighted by atomic mass is 35.5. The van der Waals surface area contributed by atoms with Crippen LogP contribution in [-0.4, -0.2) is 11.3 Å². The van der Waals surface area contributed by atoms with Gasteiger partial charge in [-0.2, -0.15) is 0 Å². The molecule has 3 atom stereocenters. The third kappa shape index (κ3) is 0.609.